The van der Waals surface area contributed by atoms with Gasteiger partial charge in [-0.2, -0.15) is 9.97 Å². The standard InChI is InChI=1S/C13H19N5O3/c1-20-5-6-21-13-16-11(14)10-12(17-13)18(7-15-10)8-3-2-4-9(8)19/h7-9,19H,2-6H2,1H3,(H2,14,16,17). The van der Waals surface area contributed by atoms with Gasteiger partial charge in [0.1, 0.15) is 6.61 Å². The Balaban J connectivity index is 1.94. The lowest BCUT2D eigenvalue weighted by Crippen LogP contribution is -2.18. The van der Waals surface area contributed by atoms with Crippen LogP contribution in [0.3, 0.4) is 0 Å². The summed E-state index contributed by atoms with van der Waals surface area (Å²) in [5.41, 5.74) is 7.04. The first-order chi connectivity index (χ1) is 10.2. The molecule has 0 aromatic carbocycles. The molecule has 2 atom stereocenters. The number of rotatable bonds is 5. The number of aliphatic hydroxyl groups excluding tert-OH is 1. The smallest absolute Gasteiger partial charge is 0.320 e. The van der Waals surface area contributed by atoms with Crippen molar-refractivity contribution < 1.29 is 14.6 Å². The molecule has 8 heteroatoms. The minimum atomic E-state index is -0.378. The van der Waals surface area contributed by atoms with Gasteiger partial charge < -0.3 is 24.9 Å². The summed E-state index contributed by atoms with van der Waals surface area (Å²) < 4.78 is 12.2. The number of imidazole rings is 1. The number of nitrogen functional groups attached to an aromatic ring is 1. The predicted octanol–water partition coefficient (Wildman–Crippen LogP) is 0.520. The normalized spacial score (nSPS) is 22.0. The third kappa shape index (κ3) is 2.64. The van der Waals surface area contributed by atoms with Crippen molar-refractivity contribution in [3.05, 3.63) is 6.33 Å². The Labute approximate surface area is 121 Å². The van der Waals surface area contributed by atoms with Crippen LogP contribution in [0, 0.1) is 0 Å². The fourth-order valence-electron chi connectivity index (χ4n) is 2.69. The van der Waals surface area contributed by atoms with Gasteiger partial charge in [0.05, 0.1) is 25.1 Å². The molecule has 2 unspecified atom stereocenters. The highest BCUT2D eigenvalue weighted by atomic mass is 16.5. The van der Waals surface area contributed by atoms with E-state index in [4.69, 9.17) is 15.2 Å². The highest BCUT2D eigenvalue weighted by Gasteiger charge is 2.29. The van der Waals surface area contributed by atoms with Gasteiger partial charge in [0.15, 0.2) is 17.0 Å². The number of nitrogens with two attached hydrogens (primary N) is 1. The molecule has 1 fully saturated rings. The van der Waals surface area contributed by atoms with Crippen LogP contribution in [0.2, 0.25) is 0 Å². The second kappa shape index (κ2) is 5.82. The highest BCUT2D eigenvalue weighted by Crippen LogP contribution is 2.33. The molecule has 1 aliphatic rings. The molecule has 8 nitrogen and oxygen atoms in total. The van der Waals surface area contributed by atoms with E-state index in [0.29, 0.717) is 24.4 Å². The van der Waals surface area contributed by atoms with E-state index in [2.05, 4.69) is 15.0 Å². The molecular weight excluding hydrogens is 274 g/mol. The number of aromatic nitrogens is 4. The molecule has 0 saturated heterocycles. The van der Waals surface area contributed by atoms with Crippen LogP contribution in [0.25, 0.3) is 11.2 Å². The van der Waals surface area contributed by atoms with E-state index in [1.54, 1.807) is 13.4 Å². The van der Waals surface area contributed by atoms with Gasteiger partial charge in [-0.25, -0.2) is 4.98 Å². The lowest BCUT2D eigenvalue weighted by molar-refractivity contribution is 0.137. The van der Waals surface area contributed by atoms with Crippen molar-refractivity contribution in [3.8, 4) is 6.01 Å². The zero-order valence-corrected chi connectivity index (χ0v) is 11.9. The zero-order valence-electron chi connectivity index (χ0n) is 11.9. The highest BCUT2D eigenvalue weighted by molar-refractivity contribution is 5.82. The fourth-order valence-corrected chi connectivity index (χ4v) is 2.69. The topological polar surface area (TPSA) is 108 Å². The quantitative estimate of drug-likeness (QED) is 0.773. The summed E-state index contributed by atoms with van der Waals surface area (Å²) in [6.45, 7) is 0.795. The molecule has 0 spiro atoms. The third-order valence-electron chi connectivity index (χ3n) is 3.75. The Bertz CT molecular complexity index is 630. The first-order valence-electron chi connectivity index (χ1n) is 7.00. The first-order valence-corrected chi connectivity index (χ1v) is 7.00. The van der Waals surface area contributed by atoms with Gasteiger partial charge in [-0.15, -0.1) is 0 Å². The van der Waals surface area contributed by atoms with E-state index >= 15 is 0 Å². The minimum Gasteiger partial charge on any atom is -0.461 e. The second-order valence-corrected chi connectivity index (χ2v) is 5.12. The van der Waals surface area contributed by atoms with E-state index in [9.17, 15) is 5.11 Å². The second-order valence-electron chi connectivity index (χ2n) is 5.12. The maximum absolute atomic E-state index is 10.1. The number of methoxy groups -OCH3 is 1. The van der Waals surface area contributed by atoms with E-state index in [-0.39, 0.29) is 24.0 Å². The number of nitrogens with zero attached hydrogens (tertiary/aromatic N) is 4. The Morgan fingerprint density at radius 2 is 2.24 bits per heavy atom. The van der Waals surface area contributed by atoms with Crippen molar-refractivity contribution >= 4 is 17.0 Å². The van der Waals surface area contributed by atoms with Crippen LogP contribution in [-0.4, -0.2) is 51.1 Å². The molecule has 3 rings (SSSR count). The SMILES string of the molecule is COCCOc1nc(N)c2ncn(C3CCCC3O)c2n1. The van der Waals surface area contributed by atoms with Gasteiger partial charge in [0, 0.05) is 7.11 Å². The number of hydrogen-bond acceptors (Lipinski definition) is 7. The van der Waals surface area contributed by atoms with E-state index < -0.39 is 0 Å². The number of ether oxygens (including phenoxy) is 2. The molecule has 3 N–H and O–H groups in total. The molecule has 2 aromatic rings. The molecule has 1 saturated carbocycles. The molecule has 114 valence electrons. The van der Waals surface area contributed by atoms with Gasteiger partial charge in [0.2, 0.25) is 0 Å². The monoisotopic (exact) mass is 293 g/mol. The van der Waals surface area contributed by atoms with Gasteiger partial charge in [-0.3, -0.25) is 0 Å². The summed E-state index contributed by atoms with van der Waals surface area (Å²) in [5, 5.41) is 10.1. The summed E-state index contributed by atoms with van der Waals surface area (Å²) in [5.74, 6) is 0.277. The largest absolute Gasteiger partial charge is 0.461 e. The van der Waals surface area contributed by atoms with Crippen molar-refractivity contribution in [1.29, 1.82) is 0 Å². The van der Waals surface area contributed by atoms with Crippen LogP contribution in [-0.2, 0) is 4.74 Å². The van der Waals surface area contributed by atoms with Crippen LogP contribution < -0.4 is 10.5 Å². The summed E-state index contributed by atoms with van der Waals surface area (Å²) in [6, 6.07) is 0.183. The number of fused-ring (bicyclic) bond motifs is 1. The molecule has 2 heterocycles. The van der Waals surface area contributed by atoms with E-state index in [1.807, 2.05) is 4.57 Å². The predicted molar refractivity (Wildman–Crippen MR) is 76.0 cm³/mol. The van der Waals surface area contributed by atoms with E-state index in [0.717, 1.165) is 19.3 Å². The van der Waals surface area contributed by atoms with Crippen LogP contribution in [0.15, 0.2) is 6.33 Å². The molecule has 0 amide bonds. The average molecular weight is 293 g/mol. The number of hydrogen-bond donors (Lipinski definition) is 2. The average Bonchev–Trinajstić information content (AvgIpc) is 3.05. The van der Waals surface area contributed by atoms with Crippen LogP contribution in [0.5, 0.6) is 6.01 Å². The fraction of sp³-hybridized carbons (Fsp3) is 0.615. The molecular formula is C13H19N5O3. The van der Waals surface area contributed by atoms with Crippen LogP contribution in [0.1, 0.15) is 25.3 Å². The van der Waals surface area contributed by atoms with Gasteiger partial charge in [-0.05, 0) is 19.3 Å². The van der Waals surface area contributed by atoms with Gasteiger partial charge in [0.25, 0.3) is 0 Å². The zero-order chi connectivity index (χ0) is 14.8. The molecule has 0 aliphatic heterocycles. The van der Waals surface area contributed by atoms with Crippen LogP contribution in [0.4, 0.5) is 5.82 Å². The van der Waals surface area contributed by atoms with Crippen molar-refractivity contribution in [3.63, 3.8) is 0 Å². The van der Waals surface area contributed by atoms with Crippen molar-refractivity contribution in [2.75, 3.05) is 26.1 Å². The minimum absolute atomic E-state index is 0.0175. The Morgan fingerprint density at radius 3 is 2.95 bits per heavy atom. The molecule has 21 heavy (non-hydrogen) atoms. The Hall–Kier alpha value is -1.93. The molecule has 0 bridgehead atoms. The van der Waals surface area contributed by atoms with Gasteiger partial charge >= 0.3 is 6.01 Å². The van der Waals surface area contributed by atoms with Crippen molar-refractivity contribution in [2.24, 2.45) is 0 Å². The lowest BCUT2D eigenvalue weighted by Gasteiger charge is -2.16. The first kappa shape index (κ1) is 14.0. The summed E-state index contributed by atoms with van der Waals surface area (Å²) in [6.07, 6.45) is 3.96. The molecule has 0 radical (unpaired) electrons. The number of aliphatic hydroxyl groups is 1. The summed E-state index contributed by atoms with van der Waals surface area (Å²) in [4.78, 5) is 12.7. The lowest BCUT2D eigenvalue weighted by atomic mass is 10.2. The molecule has 2 aromatic heterocycles. The Morgan fingerprint density at radius 1 is 1.38 bits per heavy atom. The van der Waals surface area contributed by atoms with Crippen LogP contribution >= 0.6 is 0 Å². The van der Waals surface area contributed by atoms with Gasteiger partial charge in [-0.1, -0.05) is 0 Å². The van der Waals surface area contributed by atoms with Crippen molar-refractivity contribution in [2.45, 2.75) is 31.4 Å². The number of anilines is 1. The summed E-state index contributed by atoms with van der Waals surface area (Å²) in [7, 11) is 1.60. The Kier molecular flexibility index (Phi) is 3.89. The maximum atomic E-state index is 10.1. The van der Waals surface area contributed by atoms with Crippen molar-refractivity contribution in [1.82, 2.24) is 19.5 Å². The third-order valence-corrected chi connectivity index (χ3v) is 3.75. The van der Waals surface area contributed by atoms with E-state index in [1.165, 1.54) is 0 Å². The molecule has 1 aliphatic carbocycles. The maximum Gasteiger partial charge on any atom is 0.320 e. The summed E-state index contributed by atoms with van der Waals surface area (Å²) >= 11 is 0.